The third kappa shape index (κ3) is 4.63. The summed E-state index contributed by atoms with van der Waals surface area (Å²) in [6.07, 6.45) is 3.64. The molecule has 8 nitrogen and oxygen atoms in total. The van der Waals surface area contributed by atoms with Gasteiger partial charge in [-0.25, -0.2) is 19.7 Å². The number of benzene rings is 3. The van der Waals surface area contributed by atoms with Crippen LogP contribution in [-0.4, -0.2) is 39.0 Å². The van der Waals surface area contributed by atoms with Crippen LogP contribution in [0.4, 0.5) is 22.0 Å². The Labute approximate surface area is 232 Å². The van der Waals surface area contributed by atoms with Crippen LogP contribution in [0.1, 0.15) is 29.9 Å². The van der Waals surface area contributed by atoms with Gasteiger partial charge in [0.05, 0.1) is 22.5 Å². The van der Waals surface area contributed by atoms with E-state index in [-0.39, 0.29) is 6.03 Å². The van der Waals surface area contributed by atoms with Gasteiger partial charge in [0.1, 0.15) is 12.1 Å². The lowest BCUT2D eigenvalue weighted by atomic mass is 9.89. The third-order valence-corrected chi connectivity index (χ3v) is 7.92. The monoisotopic (exact) mass is 526 g/mol. The molecule has 2 aliphatic heterocycles. The first kappa shape index (κ1) is 24.2. The van der Waals surface area contributed by atoms with Gasteiger partial charge in [0, 0.05) is 17.7 Å². The van der Waals surface area contributed by atoms with Gasteiger partial charge in [0.25, 0.3) is 0 Å². The maximum Gasteiger partial charge on any atom is 0.346 e. The second-order valence-electron chi connectivity index (χ2n) is 10.4. The summed E-state index contributed by atoms with van der Waals surface area (Å²) < 4.78 is 0. The highest BCUT2D eigenvalue weighted by Crippen LogP contribution is 2.36. The molecule has 3 aromatic carbocycles. The molecule has 8 heteroatoms. The first-order chi connectivity index (χ1) is 19.6. The molecule has 1 saturated heterocycles. The van der Waals surface area contributed by atoms with Gasteiger partial charge in [-0.3, -0.25) is 4.90 Å². The number of carbonyl (C=O) groups excluding carboxylic acids is 1. The summed E-state index contributed by atoms with van der Waals surface area (Å²) in [4.78, 5) is 27.5. The van der Waals surface area contributed by atoms with Crippen LogP contribution >= 0.6 is 0 Å². The minimum absolute atomic E-state index is 0.278. The van der Waals surface area contributed by atoms with Crippen molar-refractivity contribution in [1.82, 2.24) is 25.2 Å². The Morgan fingerprint density at radius 2 is 1.70 bits per heavy atom. The molecule has 1 radical (unpaired) electrons. The number of rotatable bonds is 5. The van der Waals surface area contributed by atoms with Crippen molar-refractivity contribution in [3.05, 3.63) is 96.3 Å². The standard InChI is InChI=1S/C32H28N7O/c33-30-26-17-25(22-4-2-1-3-5-22)29(38-31(26)35-19-34-30)23-8-6-20(7-9-23)18-39-14-12-21(13-15-39)24-10-11-27-28(16-24)37-32(40)36-27/h1-11,16-17,19,21H,12-15,18H2,(H,36,40)(H2,33,34,35,38). The number of aromatic nitrogens is 3. The van der Waals surface area contributed by atoms with Gasteiger partial charge in [0.2, 0.25) is 0 Å². The number of nitrogens with one attached hydrogen (secondary N) is 1. The second-order valence-corrected chi connectivity index (χ2v) is 10.4. The predicted molar refractivity (Wildman–Crippen MR) is 157 cm³/mol. The van der Waals surface area contributed by atoms with Crippen LogP contribution in [0.2, 0.25) is 0 Å². The average Bonchev–Trinajstić information content (AvgIpc) is 3.37. The zero-order chi connectivity index (χ0) is 27.1. The zero-order valence-corrected chi connectivity index (χ0v) is 21.9. The first-order valence-electron chi connectivity index (χ1n) is 13.6. The van der Waals surface area contributed by atoms with Gasteiger partial charge in [-0.1, -0.05) is 60.7 Å². The van der Waals surface area contributed by atoms with Gasteiger partial charge in [-0.2, -0.15) is 5.32 Å². The Bertz CT molecular complexity index is 1710. The number of piperidine rings is 1. The number of carbonyl (C=O) groups is 1. The largest absolute Gasteiger partial charge is 0.383 e. The van der Waals surface area contributed by atoms with E-state index in [1.165, 1.54) is 17.5 Å². The Balaban J connectivity index is 1.08. The van der Waals surface area contributed by atoms with Gasteiger partial charge in [-0.05, 0) is 66.7 Å². The lowest BCUT2D eigenvalue weighted by Crippen LogP contribution is -2.32. The summed E-state index contributed by atoms with van der Waals surface area (Å²) in [5.41, 5.74) is 14.8. The van der Waals surface area contributed by atoms with Crippen LogP contribution in [0, 0.1) is 0 Å². The molecular formula is C32H28N7O. The van der Waals surface area contributed by atoms with Gasteiger partial charge in [0.15, 0.2) is 5.65 Å². The van der Waals surface area contributed by atoms with Crippen molar-refractivity contribution < 1.29 is 4.79 Å². The highest BCUT2D eigenvalue weighted by atomic mass is 16.2. The van der Waals surface area contributed by atoms with Crippen LogP contribution in [0.3, 0.4) is 0 Å². The Hall–Kier alpha value is -4.82. The minimum Gasteiger partial charge on any atom is -0.383 e. The van der Waals surface area contributed by atoms with E-state index in [0.29, 0.717) is 17.4 Å². The van der Waals surface area contributed by atoms with Crippen LogP contribution < -0.4 is 16.4 Å². The van der Waals surface area contributed by atoms with Crippen molar-refractivity contribution in [3.8, 4) is 22.4 Å². The smallest absolute Gasteiger partial charge is 0.346 e. The molecule has 40 heavy (non-hydrogen) atoms. The van der Waals surface area contributed by atoms with E-state index >= 15 is 0 Å². The molecule has 1 fully saturated rings. The zero-order valence-electron chi connectivity index (χ0n) is 21.9. The summed E-state index contributed by atoms with van der Waals surface area (Å²) in [6, 6.07) is 26.9. The Kier molecular flexibility index (Phi) is 6.09. The molecular weight excluding hydrogens is 498 g/mol. The molecule has 0 aliphatic carbocycles. The van der Waals surface area contributed by atoms with E-state index < -0.39 is 0 Å². The molecule has 3 N–H and O–H groups in total. The van der Waals surface area contributed by atoms with E-state index in [9.17, 15) is 4.79 Å². The number of likely N-dealkylation sites (tertiary alicyclic amines) is 1. The quantitative estimate of drug-likeness (QED) is 0.286. The number of urea groups is 1. The van der Waals surface area contributed by atoms with E-state index in [2.05, 4.69) is 74.0 Å². The number of nitrogens with zero attached hydrogens (tertiary/aromatic N) is 5. The SMILES string of the molecule is Nc1ncnc2nc(-c3ccc(CN4CCC(c5ccc6c(c5)[N]C(=O)N6)CC4)cc3)c(-c3ccccc3)cc12. The maximum atomic E-state index is 11.6. The fraction of sp³-hybridized carbons (Fsp3) is 0.188. The molecule has 0 bridgehead atoms. The minimum atomic E-state index is -0.278. The average molecular weight is 527 g/mol. The van der Waals surface area contributed by atoms with E-state index in [1.54, 1.807) is 0 Å². The fourth-order valence-corrected chi connectivity index (χ4v) is 5.77. The van der Waals surface area contributed by atoms with Crippen molar-refractivity contribution in [2.24, 2.45) is 0 Å². The number of hydrogen-bond donors (Lipinski definition) is 2. The van der Waals surface area contributed by atoms with Crippen molar-refractivity contribution in [2.75, 3.05) is 24.1 Å². The summed E-state index contributed by atoms with van der Waals surface area (Å²) >= 11 is 0. The number of anilines is 2. The molecule has 0 saturated carbocycles. The predicted octanol–water partition coefficient (Wildman–Crippen LogP) is 6.10. The molecule has 197 valence electrons. The molecule has 0 atom stereocenters. The molecule has 2 aromatic heterocycles. The third-order valence-electron chi connectivity index (χ3n) is 7.92. The second kappa shape index (κ2) is 10.1. The van der Waals surface area contributed by atoms with Crippen molar-refractivity contribution >= 4 is 34.3 Å². The van der Waals surface area contributed by atoms with Crippen LogP contribution in [0.15, 0.2) is 85.2 Å². The fourth-order valence-electron chi connectivity index (χ4n) is 5.77. The lowest BCUT2D eigenvalue weighted by molar-refractivity contribution is 0.204. The summed E-state index contributed by atoms with van der Waals surface area (Å²) in [6.45, 7) is 2.97. The topological polar surface area (TPSA) is 111 Å². The summed E-state index contributed by atoms with van der Waals surface area (Å²) in [7, 11) is 0. The molecule has 5 aromatic rings. The van der Waals surface area contributed by atoms with Gasteiger partial charge < -0.3 is 11.1 Å². The van der Waals surface area contributed by atoms with Crippen molar-refractivity contribution in [1.29, 1.82) is 0 Å². The molecule has 0 unspecified atom stereocenters. The molecule has 0 spiro atoms. The maximum absolute atomic E-state index is 11.6. The number of fused-ring (bicyclic) bond motifs is 2. The number of nitrogen functional groups attached to an aromatic ring is 1. The Morgan fingerprint density at radius 3 is 2.50 bits per heavy atom. The number of nitrogens with two attached hydrogens (primary N) is 1. The highest BCUT2D eigenvalue weighted by Gasteiger charge is 2.24. The van der Waals surface area contributed by atoms with E-state index in [0.717, 1.165) is 71.6 Å². The highest BCUT2D eigenvalue weighted by molar-refractivity contribution is 6.02. The van der Waals surface area contributed by atoms with E-state index in [4.69, 9.17) is 10.7 Å². The van der Waals surface area contributed by atoms with Crippen molar-refractivity contribution in [2.45, 2.75) is 25.3 Å². The number of hydrogen-bond acceptors (Lipinski definition) is 6. The lowest BCUT2D eigenvalue weighted by Gasteiger charge is -2.32. The van der Waals surface area contributed by atoms with Gasteiger partial charge >= 0.3 is 6.03 Å². The van der Waals surface area contributed by atoms with E-state index in [1.807, 2.05) is 30.3 Å². The number of amides is 2. The van der Waals surface area contributed by atoms with Crippen LogP contribution in [0.25, 0.3) is 33.4 Å². The number of pyridine rings is 1. The molecule has 4 heterocycles. The van der Waals surface area contributed by atoms with Crippen LogP contribution in [-0.2, 0) is 6.54 Å². The summed E-state index contributed by atoms with van der Waals surface area (Å²) in [5, 5.41) is 7.60. The molecule has 7 rings (SSSR count). The van der Waals surface area contributed by atoms with Gasteiger partial charge in [-0.15, -0.1) is 0 Å². The molecule has 2 amide bonds. The molecule has 2 aliphatic rings. The van der Waals surface area contributed by atoms with Crippen molar-refractivity contribution in [3.63, 3.8) is 0 Å². The normalized spacial score (nSPS) is 15.6. The Morgan fingerprint density at radius 1 is 0.900 bits per heavy atom. The van der Waals surface area contributed by atoms with Crippen LogP contribution in [0.5, 0.6) is 0 Å². The summed E-state index contributed by atoms with van der Waals surface area (Å²) in [5.74, 6) is 0.918. The first-order valence-corrected chi connectivity index (χ1v) is 13.6.